The summed E-state index contributed by atoms with van der Waals surface area (Å²) in [6, 6.07) is 8.01. The number of aromatic nitrogens is 3. The summed E-state index contributed by atoms with van der Waals surface area (Å²) in [4.78, 5) is 32.8. The van der Waals surface area contributed by atoms with Gasteiger partial charge in [0.15, 0.2) is 10.8 Å². The lowest BCUT2D eigenvalue weighted by Gasteiger charge is -2.36. The molecular formula is C22H26N6O3S2. The van der Waals surface area contributed by atoms with E-state index in [1.807, 2.05) is 23.1 Å². The van der Waals surface area contributed by atoms with Crippen molar-refractivity contribution < 1.29 is 14.3 Å². The lowest BCUT2D eigenvalue weighted by Crippen LogP contribution is -2.49. The molecule has 2 fully saturated rings. The molecule has 1 aromatic carbocycles. The van der Waals surface area contributed by atoms with Crippen molar-refractivity contribution >= 4 is 50.2 Å². The summed E-state index contributed by atoms with van der Waals surface area (Å²) in [6.07, 6.45) is 1.53. The average molecular weight is 487 g/mol. The van der Waals surface area contributed by atoms with Crippen LogP contribution in [0.2, 0.25) is 0 Å². The van der Waals surface area contributed by atoms with Gasteiger partial charge in [-0.25, -0.2) is 9.97 Å². The Morgan fingerprint density at radius 3 is 2.67 bits per heavy atom. The number of fused-ring (bicyclic) bond motifs is 1. The van der Waals surface area contributed by atoms with Gasteiger partial charge in [-0.15, -0.1) is 0 Å². The molecule has 2 aliphatic rings. The molecule has 2 aliphatic heterocycles. The zero-order chi connectivity index (χ0) is 22.6. The Morgan fingerprint density at radius 2 is 1.88 bits per heavy atom. The van der Waals surface area contributed by atoms with Crippen LogP contribution >= 0.6 is 23.1 Å². The van der Waals surface area contributed by atoms with E-state index in [9.17, 15) is 4.79 Å². The van der Waals surface area contributed by atoms with E-state index in [-0.39, 0.29) is 5.91 Å². The van der Waals surface area contributed by atoms with Gasteiger partial charge < -0.3 is 24.2 Å². The average Bonchev–Trinajstić information content (AvgIpc) is 3.33. The SMILES string of the molecule is COc1ccccc1N1CCN(C(=O)CSc2ncnc3nc(N4CCOCC4)sc23)CC1. The van der Waals surface area contributed by atoms with Crippen LogP contribution in [0.1, 0.15) is 0 Å². The van der Waals surface area contributed by atoms with Gasteiger partial charge in [0.2, 0.25) is 5.91 Å². The molecule has 174 valence electrons. The highest BCUT2D eigenvalue weighted by atomic mass is 32.2. The number of morpholine rings is 1. The minimum absolute atomic E-state index is 0.129. The Labute approximate surface area is 200 Å². The molecule has 9 nitrogen and oxygen atoms in total. The lowest BCUT2D eigenvalue weighted by atomic mass is 10.2. The molecule has 0 atom stereocenters. The van der Waals surface area contributed by atoms with E-state index in [2.05, 4.69) is 30.8 Å². The van der Waals surface area contributed by atoms with Gasteiger partial charge in [-0.1, -0.05) is 35.2 Å². The number of rotatable bonds is 6. The van der Waals surface area contributed by atoms with E-state index in [1.54, 1.807) is 18.4 Å². The Hall–Kier alpha value is -2.63. The number of nitrogens with zero attached hydrogens (tertiary/aromatic N) is 6. The van der Waals surface area contributed by atoms with Gasteiger partial charge in [0.25, 0.3) is 0 Å². The van der Waals surface area contributed by atoms with Gasteiger partial charge in [-0.2, -0.15) is 4.98 Å². The second-order valence-corrected chi connectivity index (χ2v) is 9.70. The van der Waals surface area contributed by atoms with Crippen LogP contribution in [0.4, 0.5) is 10.8 Å². The second kappa shape index (κ2) is 10.1. The van der Waals surface area contributed by atoms with Gasteiger partial charge in [0.1, 0.15) is 21.8 Å². The highest BCUT2D eigenvalue weighted by Gasteiger charge is 2.24. The number of benzene rings is 1. The van der Waals surface area contributed by atoms with Crippen LogP contribution in [0, 0.1) is 0 Å². The number of amides is 1. The van der Waals surface area contributed by atoms with Gasteiger partial charge in [0.05, 0.1) is 31.8 Å². The summed E-state index contributed by atoms with van der Waals surface area (Å²) in [6.45, 7) is 6.03. The van der Waals surface area contributed by atoms with Crippen molar-refractivity contribution in [3.8, 4) is 5.75 Å². The summed E-state index contributed by atoms with van der Waals surface area (Å²) in [7, 11) is 1.69. The molecule has 0 bridgehead atoms. The van der Waals surface area contributed by atoms with Gasteiger partial charge in [-0.05, 0) is 12.1 Å². The topological polar surface area (TPSA) is 83.9 Å². The fraction of sp³-hybridized carbons (Fsp3) is 0.455. The predicted molar refractivity (Wildman–Crippen MR) is 131 cm³/mol. The first-order valence-electron chi connectivity index (χ1n) is 11.0. The Balaban J connectivity index is 1.19. The third-order valence-electron chi connectivity index (χ3n) is 5.82. The smallest absolute Gasteiger partial charge is 0.233 e. The quantitative estimate of drug-likeness (QED) is 0.385. The molecule has 0 aliphatic carbocycles. The van der Waals surface area contributed by atoms with E-state index < -0.39 is 0 Å². The highest BCUT2D eigenvalue weighted by molar-refractivity contribution is 8.00. The van der Waals surface area contributed by atoms with Crippen molar-refractivity contribution in [2.24, 2.45) is 0 Å². The van der Waals surface area contributed by atoms with Crippen molar-refractivity contribution in [2.45, 2.75) is 5.03 Å². The Morgan fingerprint density at radius 1 is 1.09 bits per heavy atom. The Kier molecular flexibility index (Phi) is 6.79. The number of ether oxygens (including phenoxy) is 2. The summed E-state index contributed by atoms with van der Waals surface area (Å²) in [5, 5.41) is 1.76. The number of hydrogen-bond acceptors (Lipinski definition) is 10. The molecule has 0 spiro atoms. The number of anilines is 2. The largest absolute Gasteiger partial charge is 0.495 e. The molecule has 1 amide bonds. The van der Waals surface area contributed by atoms with Crippen LogP contribution in [0.3, 0.4) is 0 Å². The van der Waals surface area contributed by atoms with E-state index in [0.717, 1.165) is 52.5 Å². The van der Waals surface area contributed by atoms with Crippen LogP contribution in [0.15, 0.2) is 35.6 Å². The first kappa shape index (κ1) is 22.2. The molecule has 0 saturated carbocycles. The van der Waals surface area contributed by atoms with Crippen molar-refractivity contribution in [1.82, 2.24) is 19.9 Å². The van der Waals surface area contributed by atoms with Crippen LogP contribution in [-0.4, -0.2) is 91.1 Å². The summed E-state index contributed by atoms with van der Waals surface area (Å²) in [5.41, 5.74) is 1.77. The van der Waals surface area contributed by atoms with E-state index in [0.29, 0.717) is 37.7 Å². The zero-order valence-corrected chi connectivity index (χ0v) is 20.1. The number of piperazine rings is 1. The molecule has 0 unspecified atom stereocenters. The number of carbonyl (C=O) groups excluding carboxylic acids is 1. The van der Waals surface area contributed by atoms with Crippen LogP contribution in [0.5, 0.6) is 5.75 Å². The summed E-state index contributed by atoms with van der Waals surface area (Å²) < 4.78 is 11.9. The lowest BCUT2D eigenvalue weighted by molar-refractivity contribution is -0.128. The van der Waals surface area contributed by atoms with E-state index >= 15 is 0 Å². The van der Waals surface area contributed by atoms with Crippen LogP contribution in [0.25, 0.3) is 10.3 Å². The van der Waals surface area contributed by atoms with Crippen LogP contribution < -0.4 is 14.5 Å². The molecule has 4 heterocycles. The summed E-state index contributed by atoms with van der Waals surface area (Å²) in [5.74, 6) is 1.34. The highest BCUT2D eigenvalue weighted by Crippen LogP contribution is 2.34. The maximum absolute atomic E-state index is 12.9. The minimum atomic E-state index is 0.129. The van der Waals surface area contributed by atoms with Crippen molar-refractivity contribution in [3.63, 3.8) is 0 Å². The monoisotopic (exact) mass is 486 g/mol. The summed E-state index contributed by atoms with van der Waals surface area (Å²) >= 11 is 3.06. The third-order valence-corrected chi connectivity index (χ3v) is 8.04. The van der Waals surface area contributed by atoms with Crippen molar-refractivity contribution in [2.75, 3.05) is 75.1 Å². The van der Waals surface area contributed by atoms with Gasteiger partial charge in [-0.3, -0.25) is 4.79 Å². The van der Waals surface area contributed by atoms with Gasteiger partial charge >= 0.3 is 0 Å². The number of para-hydroxylation sites is 2. The maximum Gasteiger partial charge on any atom is 0.233 e. The molecule has 3 aromatic rings. The van der Waals surface area contributed by atoms with E-state index in [1.165, 1.54) is 18.1 Å². The molecule has 2 aromatic heterocycles. The van der Waals surface area contributed by atoms with Crippen LogP contribution in [-0.2, 0) is 9.53 Å². The fourth-order valence-electron chi connectivity index (χ4n) is 4.02. The first-order valence-corrected chi connectivity index (χ1v) is 12.8. The molecule has 2 saturated heterocycles. The zero-order valence-electron chi connectivity index (χ0n) is 18.5. The molecule has 0 N–H and O–H groups in total. The minimum Gasteiger partial charge on any atom is -0.495 e. The van der Waals surface area contributed by atoms with E-state index in [4.69, 9.17) is 9.47 Å². The molecule has 0 radical (unpaired) electrons. The predicted octanol–water partition coefficient (Wildman–Crippen LogP) is 2.37. The normalized spacial score (nSPS) is 16.9. The van der Waals surface area contributed by atoms with Crippen molar-refractivity contribution in [3.05, 3.63) is 30.6 Å². The number of carbonyl (C=O) groups is 1. The number of thiazole rings is 1. The second-order valence-electron chi connectivity index (χ2n) is 7.76. The number of thioether (sulfide) groups is 1. The molecule has 5 rings (SSSR count). The number of methoxy groups -OCH3 is 1. The molecule has 11 heteroatoms. The standard InChI is InChI=1S/C22H26N6O3S2/c1-30-17-5-3-2-4-16(17)26-6-8-27(9-7-26)18(29)14-32-21-19-20(23-15-24-21)25-22(33-19)28-10-12-31-13-11-28/h2-5,15H,6-14H2,1H3. The fourth-order valence-corrected chi connectivity index (χ4v) is 6.07. The molecule has 33 heavy (non-hydrogen) atoms. The number of hydrogen-bond donors (Lipinski definition) is 0. The first-order chi connectivity index (χ1) is 16.2. The van der Waals surface area contributed by atoms with Crippen molar-refractivity contribution in [1.29, 1.82) is 0 Å². The molecular weight excluding hydrogens is 460 g/mol. The third kappa shape index (κ3) is 4.85. The van der Waals surface area contributed by atoms with Gasteiger partial charge in [0, 0.05) is 39.3 Å². The Bertz CT molecular complexity index is 1110. The maximum atomic E-state index is 12.9.